The van der Waals surface area contributed by atoms with E-state index in [-0.39, 0.29) is 48.4 Å². The van der Waals surface area contributed by atoms with Crippen molar-refractivity contribution in [3.63, 3.8) is 0 Å². The molecule has 7 nitrogen and oxygen atoms in total. The normalized spacial score (nSPS) is 24.2. The lowest BCUT2D eigenvalue weighted by Crippen LogP contribution is -2.35. The fourth-order valence-corrected chi connectivity index (χ4v) is 4.71. The Morgan fingerprint density at radius 2 is 1.76 bits per heavy atom. The van der Waals surface area contributed by atoms with Crippen molar-refractivity contribution in [1.29, 1.82) is 0 Å². The third-order valence-electron chi connectivity index (χ3n) is 6.28. The Labute approximate surface area is 170 Å². The Morgan fingerprint density at radius 1 is 1.03 bits per heavy atom. The molecule has 0 radical (unpaired) electrons. The van der Waals surface area contributed by atoms with Crippen molar-refractivity contribution in [3.05, 3.63) is 29.8 Å². The molecule has 2 unspecified atom stereocenters. The molecule has 29 heavy (non-hydrogen) atoms. The smallest absolute Gasteiger partial charge is 0.233 e. The number of likely N-dealkylation sites (tertiary alicyclic amines) is 1. The average Bonchev–Trinajstić information content (AvgIpc) is 3.27. The van der Waals surface area contributed by atoms with Crippen LogP contribution in [0, 0.1) is 11.8 Å². The molecule has 154 valence electrons. The number of carbonyl (C=O) groups excluding carboxylic acids is 4. The highest BCUT2D eigenvalue weighted by Crippen LogP contribution is 2.37. The standard InChI is InChI=1S/C22H27N3O4/c26-19(10-12-25-21(28)17-7-1-2-8-18(17)22(25)29)23-14-15-5-3-6-16(13-15)24-11-4-9-20(24)27/h3,5-6,13,17-18H,1-2,4,7-12,14H2,(H,23,26). The summed E-state index contributed by atoms with van der Waals surface area (Å²) in [6.07, 6.45) is 5.13. The number of hydrogen-bond acceptors (Lipinski definition) is 4. The fraction of sp³-hybridized carbons (Fsp3) is 0.545. The summed E-state index contributed by atoms with van der Waals surface area (Å²) in [5.74, 6) is -0.605. The van der Waals surface area contributed by atoms with Crippen LogP contribution in [0.5, 0.6) is 0 Å². The van der Waals surface area contributed by atoms with Crippen molar-refractivity contribution in [2.45, 2.75) is 51.5 Å². The summed E-state index contributed by atoms with van der Waals surface area (Å²) in [5.41, 5.74) is 1.77. The van der Waals surface area contributed by atoms with Crippen LogP contribution in [0.25, 0.3) is 0 Å². The van der Waals surface area contributed by atoms with Crippen LogP contribution in [0.2, 0.25) is 0 Å². The molecule has 3 fully saturated rings. The third-order valence-corrected chi connectivity index (χ3v) is 6.28. The molecule has 0 aromatic heterocycles. The summed E-state index contributed by atoms with van der Waals surface area (Å²) in [6, 6.07) is 7.61. The van der Waals surface area contributed by atoms with E-state index in [1.807, 2.05) is 24.3 Å². The van der Waals surface area contributed by atoms with E-state index in [1.54, 1.807) is 4.90 Å². The fourth-order valence-electron chi connectivity index (χ4n) is 4.71. The van der Waals surface area contributed by atoms with Crippen LogP contribution in [0.1, 0.15) is 50.5 Å². The molecule has 0 spiro atoms. The minimum Gasteiger partial charge on any atom is -0.352 e. The summed E-state index contributed by atoms with van der Waals surface area (Å²) < 4.78 is 0. The molecule has 0 bridgehead atoms. The van der Waals surface area contributed by atoms with Crippen LogP contribution in [0.15, 0.2) is 24.3 Å². The molecule has 1 aliphatic carbocycles. The highest BCUT2D eigenvalue weighted by molar-refractivity contribution is 6.05. The van der Waals surface area contributed by atoms with Gasteiger partial charge >= 0.3 is 0 Å². The molecule has 3 aliphatic rings. The first-order chi connectivity index (χ1) is 14.0. The summed E-state index contributed by atoms with van der Waals surface area (Å²) in [5, 5.41) is 2.85. The van der Waals surface area contributed by atoms with Gasteiger partial charge in [-0.15, -0.1) is 0 Å². The predicted molar refractivity (Wildman–Crippen MR) is 107 cm³/mol. The van der Waals surface area contributed by atoms with E-state index >= 15 is 0 Å². The minimum atomic E-state index is -0.192. The molecule has 2 heterocycles. The molecular formula is C22H27N3O4. The van der Waals surface area contributed by atoms with Crippen LogP contribution in [-0.4, -0.2) is 41.6 Å². The third kappa shape index (κ3) is 4.04. The number of imide groups is 1. The molecule has 4 amide bonds. The van der Waals surface area contributed by atoms with Crippen LogP contribution < -0.4 is 10.2 Å². The van der Waals surface area contributed by atoms with Crippen molar-refractivity contribution in [2.75, 3.05) is 18.0 Å². The molecular weight excluding hydrogens is 370 g/mol. The molecule has 1 aromatic carbocycles. The van der Waals surface area contributed by atoms with Gasteiger partial charge in [-0.2, -0.15) is 0 Å². The summed E-state index contributed by atoms with van der Waals surface area (Å²) >= 11 is 0. The van der Waals surface area contributed by atoms with E-state index in [1.165, 1.54) is 4.90 Å². The zero-order valence-corrected chi connectivity index (χ0v) is 16.6. The van der Waals surface area contributed by atoms with Gasteiger partial charge in [0.1, 0.15) is 0 Å². The molecule has 2 saturated heterocycles. The van der Waals surface area contributed by atoms with Gasteiger partial charge in [0.25, 0.3) is 0 Å². The van der Waals surface area contributed by atoms with E-state index < -0.39 is 0 Å². The van der Waals surface area contributed by atoms with Crippen molar-refractivity contribution in [1.82, 2.24) is 10.2 Å². The van der Waals surface area contributed by atoms with Crippen molar-refractivity contribution < 1.29 is 19.2 Å². The number of hydrogen-bond donors (Lipinski definition) is 1. The zero-order valence-electron chi connectivity index (χ0n) is 16.6. The number of carbonyl (C=O) groups is 4. The zero-order chi connectivity index (χ0) is 20.4. The maximum absolute atomic E-state index is 12.5. The first kappa shape index (κ1) is 19.6. The van der Waals surface area contributed by atoms with E-state index in [0.29, 0.717) is 13.0 Å². The maximum Gasteiger partial charge on any atom is 0.233 e. The van der Waals surface area contributed by atoms with Gasteiger partial charge in [-0.05, 0) is 37.0 Å². The Balaban J connectivity index is 1.28. The Kier molecular flexibility index (Phi) is 5.65. The summed E-state index contributed by atoms with van der Waals surface area (Å²) in [6.45, 7) is 1.23. The number of amides is 4. The van der Waals surface area contributed by atoms with Crippen LogP contribution in [0.4, 0.5) is 5.69 Å². The van der Waals surface area contributed by atoms with Crippen LogP contribution >= 0.6 is 0 Å². The van der Waals surface area contributed by atoms with Gasteiger partial charge in [-0.25, -0.2) is 0 Å². The van der Waals surface area contributed by atoms with E-state index in [9.17, 15) is 19.2 Å². The van der Waals surface area contributed by atoms with Gasteiger partial charge in [0.15, 0.2) is 0 Å². The maximum atomic E-state index is 12.5. The van der Waals surface area contributed by atoms with Crippen molar-refractivity contribution >= 4 is 29.3 Å². The number of nitrogens with one attached hydrogen (secondary N) is 1. The molecule has 1 saturated carbocycles. The second-order valence-corrected chi connectivity index (χ2v) is 8.17. The molecule has 2 atom stereocenters. The van der Waals surface area contributed by atoms with E-state index in [4.69, 9.17) is 0 Å². The lowest BCUT2D eigenvalue weighted by Gasteiger charge is -2.19. The monoisotopic (exact) mass is 397 g/mol. The van der Waals surface area contributed by atoms with Gasteiger partial charge in [0.2, 0.25) is 23.6 Å². The van der Waals surface area contributed by atoms with Gasteiger partial charge in [0.05, 0.1) is 11.8 Å². The number of fused-ring (bicyclic) bond motifs is 1. The number of anilines is 1. The Hall–Kier alpha value is -2.70. The summed E-state index contributed by atoms with van der Waals surface area (Å²) in [4.78, 5) is 52.2. The average molecular weight is 397 g/mol. The first-order valence-electron chi connectivity index (χ1n) is 10.6. The SMILES string of the molecule is O=C(CCN1C(=O)C2CCCCC2C1=O)NCc1cccc(N2CCCC2=O)c1. The van der Waals surface area contributed by atoms with Gasteiger partial charge in [0, 0.05) is 38.2 Å². The number of benzene rings is 1. The lowest BCUT2D eigenvalue weighted by atomic mass is 9.81. The predicted octanol–water partition coefficient (Wildman–Crippen LogP) is 1.99. The second kappa shape index (κ2) is 8.35. The second-order valence-electron chi connectivity index (χ2n) is 8.17. The highest BCUT2D eigenvalue weighted by Gasteiger charge is 2.47. The first-order valence-corrected chi connectivity index (χ1v) is 10.6. The quantitative estimate of drug-likeness (QED) is 0.744. The number of nitrogens with zero attached hydrogens (tertiary/aromatic N) is 2. The topological polar surface area (TPSA) is 86.8 Å². The molecule has 1 N–H and O–H groups in total. The Morgan fingerprint density at radius 3 is 2.41 bits per heavy atom. The highest BCUT2D eigenvalue weighted by atomic mass is 16.2. The lowest BCUT2D eigenvalue weighted by molar-refractivity contribution is -0.140. The van der Waals surface area contributed by atoms with Crippen LogP contribution in [0.3, 0.4) is 0 Å². The van der Waals surface area contributed by atoms with Gasteiger partial charge in [-0.3, -0.25) is 24.1 Å². The summed E-state index contributed by atoms with van der Waals surface area (Å²) in [7, 11) is 0. The Bertz CT molecular complexity index is 813. The van der Waals surface area contributed by atoms with Crippen molar-refractivity contribution in [2.24, 2.45) is 11.8 Å². The van der Waals surface area contributed by atoms with Crippen molar-refractivity contribution in [3.8, 4) is 0 Å². The van der Waals surface area contributed by atoms with E-state index in [2.05, 4.69) is 5.32 Å². The molecule has 2 aliphatic heterocycles. The van der Waals surface area contributed by atoms with E-state index in [0.717, 1.165) is 49.9 Å². The number of rotatable bonds is 6. The molecule has 1 aromatic rings. The molecule has 4 rings (SSSR count). The van der Waals surface area contributed by atoms with Gasteiger partial charge < -0.3 is 10.2 Å². The minimum absolute atomic E-state index is 0.101. The largest absolute Gasteiger partial charge is 0.352 e. The van der Waals surface area contributed by atoms with Gasteiger partial charge in [-0.1, -0.05) is 25.0 Å². The molecule has 7 heteroatoms. The van der Waals surface area contributed by atoms with Crippen LogP contribution in [-0.2, 0) is 25.7 Å².